The van der Waals surface area contributed by atoms with Crippen LogP contribution in [0.5, 0.6) is 0 Å². The molecule has 0 saturated carbocycles. The molecular weight excluding hydrogens is 365 g/mol. The van der Waals surface area contributed by atoms with Crippen LogP contribution in [0.1, 0.15) is 42.9 Å². The fourth-order valence-corrected chi connectivity index (χ4v) is 4.35. The lowest BCUT2D eigenvalue weighted by atomic mass is 9.72. The molecule has 1 N–H and O–H groups in total. The number of fused-ring (bicyclic) bond motifs is 1. The van der Waals surface area contributed by atoms with Gasteiger partial charge in [0.1, 0.15) is 11.9 Å². The molecule has 0 fully saturated rings. The van der Waals surface area contributed by atoms with Gasteiger partial charge in [-0.1, -0.05) is 29.8 Å². The summed E-state index contributed by atoms with van der Waals surface area (Å²) in [7, 11) is 1.84. The summed E-state index contributed by atoms with van der Waals surface area (Å²) in [6.45, 7) is 2.38. The summed E-state index contributed by atoms with van der Waals surface area (Å²) in [5.74, 6) is -1.06. The predicted molar refractivity (Wildman–Crippen MR) is 106 cm³/mol. The second-order valence-corrected chi connectivity index (χ2v) is 7.93. The highest BCUT2D eigenvalue weighted by molar-refractivity contribution is 6.30. The molecule has 0 aromatic heterocycles. The van der Waals surface area contributed by atoms with Gasteiger partial charge in [-0.2, -0.15) is 0 Å². The number of hydrogen-bond acceptors (Lipinski definition) is 2. The summed E-state index contributed by atoms with van der Waals surface area (Å²) in [4.78, 5) is 13.0. The topological polar surface area (TPSA) is 40.5 Å². The van der Waals surface area contributed by atoms with Gasteiger partial charge in [0.25, 0.3) is 0 Å². The number of nitrogens with zero attached hydrogens (tertiary/aromatic N) is 1. The normalized spacial score (nSPS) is 19.9. The van der Waals surface area contributed by atoms with Crippen LogP contribution in [0.2, 0.25) is 5.02 Å². The summed E-state index contributed by atoms with van der Waals surface area (Å²) in [5.41, 5.74) is 3.40. The third-order valence-electron chi connectivity index (χ3n) is 5.94. The second-order valence-electron chi connectivity index (χ2n) is 7.49. The minimum absolute atomic E-state index is 0.207. The van der Waals surface area contributed by atoms with E-state index < -0.39 is 12.0 Å². The fourth-order valence-electron chi connectivity index (χ4n) is 4.18. The molecule has 3 nitrogen and oxygen atoms in total. The Labute approximate surface area is 164 Å². The maximum absolute atomic E-state index is 13.5. The van der Waals surface area contributed by atoms with Crippen LogP contribution < -0.4 is 0 Å². The van der Waals surface area contributed by atoms with Crippen molar-refractivity contribution >= 4 is 17.6 Å². The lowest BCUT2D eigenvalue weighted by Gasteiger charge is -2.33. The Kier molecular flexibility index (Phi) is 5.87. The van der Waals surface area contributed by atoms with E-state index in [1.54, 1.807) is 6.92 Å². The molecule has 2 aromatic rings. The molecule has 27 heavy (non-hydrogen) atoms. The Morgan fingerprint density at radius 2 is 2.00 bits per heavy atom. The summed E-state index contributed by atoms with van der Waals surface area (Å²) in [5, 5.41) is 9.89. The molecular formula is C22H25ClFNO2. The monoisotopic (exact) mass is 389 g/mol. The number of aryl methyl sites for hydroxylation is 1. The molecule has 0 radical (unpaired) electrons. The van der Waals surface area contributed by atoms with Crippen molar-refractivity contribution in [2.45, 2.75) is 44.1 Å². The lowest BCUT2D eigenvalue weighted by Crippen LogP contribution is -2.37. The zero-order valence-corrected chi connectivity index (χ0v) is 16.5. The standard InChI is InChI=1S/C22H25ClFNO2/c1-15(21(26)27)25(2)13-3-11-22(17-5-8-19(24)9-6-17)12-10-16-4-7-18(23)14-20(16)22/h4-9,14-15H,3,10-13H2,1-2H3,(H,26,27). The van der Waals surface area contributed by atoms with Gasteiger partial charge in [0.15, 0.2) is 0 Å². The Balaban J connectivity index is 1.88. The van der Waals surface area contributed by atoms with Crippen LogP contribution in [-0.2, 0) is 16.6 Å². The highest BCUT2D eigenvalue weighted by Gasteiger charge is 2.40. The van der Waals surface area contributed by atoms with E-state index in [1.165, 1.54) is 23.3 Å². The number of carboxylic acid groups (broad SMARTS) is 1. The first-order chi connectivity index (χ1) is 12.8. The van der Waals surface area contributed by atoms with Gasteiger partial charge in [0, 0.05) is 10.4 Å². The van der Waals surface area contributed by atoms with Crippen LogP contribution in [-0.4, -0.2) is 35.6 Å². The second kappa shape index (κ2) is 7.99. The first-order valence-electron chi connectivity index (χ1n) is 9.31. The van der Waals surface area contributed by atoms with Crippen LogP contribution in [0.15, 0.2) is 42.5 Å². The van der Waals surface area contributed by atoms with E-state index in [1.807, 2.05) is 36.2 Å². The molecule has 2 atom stereocenters. The van der Waals surface area contributed by atoms with Gasteiger partial charge < -0.3 is 5.11 Å². The van der Waals surface area contributed by atoms with E-state index in [2.05, 4.69) is 6.07 Å². The minimum Gasteiger partial charge on any atom is -0.480 e. The Morgan fingerprint density at radius 3 is 2.67 bits per heavy atom. The van der Waals surface area contributed by atoms with E-state index in [-0.39, 0.29) is 11.2 Å². The molecule has 2 aromatic carbocycles. The summed E-state index contributed by atoms with van der Waals surface area (Å²) in [6.07, 6.45) is 3.62. The highest BCUT2D eigenvalue weighted by Crippen LogP contribution is 2.48. The van der Waals surface area contributed by atoms with E-state index in [0.717, 1.165) is 31.2 Å². The first kappa shape index (κ1) is 19.8. The molecule has 2 unspecified atom stereocenters. The summed E-state index contributed by atoms with van der Waals surface area (Å²) >= 11 is 6.29. The van der Waals surface area contributed by atoms with Crippen molar-refractivity contribution in [1.82, 2.24) is 4.90 Å². The van der Waals surface area contributed by atoms with E-state index in [0.29, 0.717) is 11.6 Å². The van der Waals surface area contributed by atoms with Crippen LogP contribution in [0.3, 0.4) is 0 Å². The zero-order chi connectivity index (χ0) is 19.6. The Hall–Kier alpha value is -1.91. The smallest absolute Gasteiger partial charge is 0.320 e. The number of carboxylic acids is 1. The number of rotatable bonds is 7. The average Bonchev–Trinajstić information content (AvgIpc) is 3.00. The number of benzene rings is 2. The van der Waals surface area contributed by atoms with Gasteiger partial charge in [-0.3, -0.25) is 9.69 Å². The van der Waals surface area contributed by atoms with Gasteiger partial charge in [-0.25, -0.2) is 4.39 Å². The Bertz CT molecular complexity index is 824. The van der Waals surface area contributed by atoms with Crippen molar-refractivity contribution in [3.8, 4) is 0 Å². The van der Waals surface area contributed by atoms with E-state index >= 15 is 0 Å². The van der Waals surface area contributed by atoms with Crippen LogP contribution in [0, 0.1) is 5.82 Å². The molecule has 0 amide bonds. The number of carbonyl (C=O) groups is 1. The fraction of sp³-hybridized carbons (Fsp3) is 0.409. The van der Waals surface area contributed by atoms with Crippen LogP contribution in [0.25, 0.3) is 0 Å². The molecule has 0 aliphatic heterocycles. The maximum Gasteiger partial charge on any atom is 0.320 e. The SMILES string of the molecule is CC(C(=O)O)N(C)CCCC1(c2ccc(F)cc2)CCc2ccc(Cl)cc21. The molecule has 5 heteroatoms. The Morgan fingerprint density at radius 1 is 1.30 bits per heavy atom. The van der Waals surface area contributed by atoms with Gasteiger partial charge in [0.2, 0.25) is 0 Å². The van der Waals surface area contributed by atoms with Crippen molar-refractivity contribution in [2.75, 3.05) is 13.6 Å². The quantitative estimate of drug-likeness (QED) is 0.732. The molecule has 0 spiro atoms. The van der Waals surface area contributed by atoms with Crippen molar-refractivity contribution < 1.29 is 14.3 Å². The number of likely N-dealkylation sites (N-methyl/N-ethyl adjacent to an activating group) is 1. The van der Waals surface area contributed by atoms with Crippen molar-refractivity contribution in [3.05, 3.63) is 70.0 Å². The van der Waals surface area contributed by atoms with E-state index in [4.69, 9.17) is 11.6 Å². The van der Waals surface area contributed by atoms with Crippen molar-refractivity contribution in [3.63, 3.8) is 0 Å². The van der Waals surface area contributed by atoms with Crippen LogP contribution >= 0.6 is 11.6 Å². The molecule has 0 bridgehead atoms. The van der Waals surface area contributed by atoms with Gasteiger partial charge in [-0.05, 0) is 87.2 Å². The van der Waals surface area contributed by atoms with Gasteiger partial charge >= 0.3 is 5.97 Å². The van der Waals surface area contributed by atoms with Gasteiger partial charge in [0.05, 0.1) is 0 Å². The third-order valence-corrected chi connectivity index (χ3v) is 6.17. The first-order valence-corrected chi connectivity index (χ1v) is 9.69. The molecule has 0 saturated heterocycles. The summed E-state index contributed by atoms with van der Waals surface area (Å²) in [6, 6.07) is 12.3. The zero-order valence-electron chi connectivity index (χ0n) is 15.7. The number of halogens is 2. The highest BCUT2D eigenvalue weighted by atomic mass is 35.5. The predicted octanol–water partition coefficient (Wildman–Crippen LogP) is 4.90. The van der Waals surface area contributed by atoms with Crippen LogP contribution in [0.4, 0.5) is 4.39 Å². The molecule has 3 rings (SSSR count). The molecule has 0 heterocycles. The molecule has 144 valence electrons. The average molecular weight is 390 g/mol. The third kappa shape index (κ3) is 4.02. The molecule has 1 aliphatic rings. The van der Waals surface area contributed by atoms with Crippen molar-refractivity contribution in [2.24, 2.45) is 0 Å². The van der Waals surface area contributed by atoms with Gasteiger partial charge in [-0.15, -0.1) is 0 Å². The lowest BCUT2D eigenvalue weighted by molar-refractivity contribution is -0.142. The summed E-state index contributed by atoms with van der Waals surface area (Å²) < 4.78 is 13.5. The maximum atomic E-state index is 13.5. The minimum atomic E-state index is -0.816. The number of hydrogen-bond donors (Lipinski definition) is 1. The van der Waals surface area contributed by atoms with E-state index in [9.17, 15) is 14.3 Å². The largest absolute Gasteiger partial charge is 0.480 e. The van der Waals surface area contributed by atoms with Crippen molar-refractivity contribution in [1.29, 1.82) is 0 Å². The number of aliphatic carboxylic acids is 1. The molecule has 1 aliphatic carbocycles.